The number of hydrogen-bond acceptors (Lipinski definition) is 4. The van der Waals surface area contributed by atoms with Crippen LogP contribution >= 0.6 is 11.8 Å². The average Bonchev–Trinajstić information content (AvgIpc) is 3.33. The lowest BCUT2D eigenvalue weighted by Gasteiger charge is -2.31. The maximum atomic E-state index is 13.3. The van der Waals surface area contributed by atoms with Crippen LogP contribution in [0, 0.1) is 0 Å². The van der Waals surface area contributed by atoms with E-state index >= 15 is 0 Å². The summed E-state index contributed by atoms with van der Waals surface area (Å²) in [4.78, 5) is 28.1. The van der Waals surface area contributed by atoms with Crippen LogP contribution in [0.25, 0.3) is 0 Å². The van der Waals surface area contributed by atoms with Crippen molar-refractivity contribution in [2.75, 3.05) is 12.9 Å². The van der Waals surface area contributed by atoms with Crippen molar-refractivity contribution in [3.05, 3.63) is 65.7 Å². The Bertz CT molecular complexity index is 851. The van der Waals surface area contributed by atoms with Gasteiger partial charge in [-0.05, 0) is 42.5 Å². The highest BCUT2D eigenvalue weighted by atomic mass is 32.2. The van der Waals surface area contributed by atoms with Gasteiger partial charge in [0.1, 0.15) is 11.8 Å². The number of carbonyl (C=O) groups is 2. The molecule has 1 fully saturated rings. The first-order valence-corrected chi connectivity index (χ1v) is 12.6. The van der Waals surface area contributed by atoms with E-state index in [-0.39, 0.29) is 17.9 Å². The molecule has 0 aromatic heterocycles. The highest BCUT2D eigenvalue weighted by Crippen LogP contribution is 2.21. The van der Waals surface area contributed by atoms with Crippen molar-refractivity contribution in [1.29, 1.82) is 0 Å². The number of carbonyl (C=O) groups excluding carboxylic acids is 2. The highest BCUT2D eigenvalue weighted by Gasteiger charge is 2.30. The van der Waals surface area contributed by atoms with E-state index in [9.17, 15) is 9.59 Å². The maximum absolute atomic E-state index is 13.3. The molecule has 2 aromatic rings. The predicted octanol–water partition coefficient (Wildman–Crippen LogP) is 4.79. The fraction of sp³-hybridized carbons (Fsp3) is 0.462. The first kappa shape index (κ1) is 24.2. The van der Waals surface area contributed by atoms with Gasteiger partial charge < -0.3 is 15.0 Å². The summed E-state index contributed by atoms with van der Waals surface area (Å²) in [5.74, 6) is 1.87. The number of ether oxygens (including phenoxy) is 1. The van der Waals surface area contributed by atoms with Gasteiger partial charge in [-0.2, -0.15) is 0 Å². The third-order valence-electron chi connectivity index (χ3n) is 5.94. The Kier molecular flexibility index (Phi) is 9.47. The van der Waals surface area contributed by atoms with Gasteiger partial charge in [-0.3, -0.25) is 9.59 Å². The summed E-state index contributed by atoms with van der Waals surface area (Å²) in [6.07, 6.45) is 4.99. The summed E-state index contributed by atoms with van der Waals surface area (Å²) in [7, 11) is 1.65. The topological polar surface area (TPSA) is 58.6 Å². The largest absolute Gasteiger partial charge is 0.497 e. The molecule has 0 aliphatic heterocycles. The van der Waals surface area contributed by atoms with Crippen LogP contribution < -0.4 is 10.1 Å². The zero-order chi connectivity index (χ0) is 22.8. The predicted molar refractivity (Wildman–Crippen MR) is 131 cm³/mol. The summed E-state index contributed by atoms with van der Waals surface area (Å²) in [5, 5.41) is 3.19. The molecule has 1 saturated carbocycles. The van der Waals surface area contributed by atoms with Gasteiger partial charge in [-0.25, -0.2) is 0 Å². The van der Waals surface area contributed by atoms with Crippen LogP contribution in [0.4, 0.5) is 0 Å². The molecule has 0 bridgehead atoms. The normalized spacial score (nSPS) is 14.7. The van der Waals surface area contributed by atoms with Crippen LogP contribution in [-0.4, -0.2) is 41.7 Å². The van der Waals surface area contributed by atoms with Gasteiger partial charge in [0, 0.05) is 18.3 Å². The molecule has 0 spiro atoms. The maximum Gasteiger partial charge on any atom is 0.243 e. The molecule has 1 atom stereocenters. The Morgan fingerprint density at radius 1 is 1.06 bits per heavy atom. The number of thioether (sulfide) groups is 1. The fourth-order valence-electron chi connectivity index (χ4n) is 4.13. The molecule has 0 heterocycles. The molecular formula is C26H34N2O3S. The van der Waals surface area contributed by atoms with Gasteiger partial charge >= 0.3 is 0 Å². The van der Waals surface area contributed by atoms with Crippen LogP contribution in [0.15, 0.2) is 54.6 Å². The average molecular weight is 455 g/mol. The summed E-state index contributed by atoms with van der Waals surface area (Å²) in [5.41, 5.74) is 2.18. The summed E-state index contributed by atoms with van der Waals surface area (Å²) < 4.78 is 5.20. The second-order valence-electron chi connectivity index (χ2n) is 8.26. The SMILES string of the molecule is CCC(C(=O)NC1CCCC1)N(Cc1ccccc1)C(=O)CSCc1ccc(OC)cc1. The number of nitrogens with zero attached hydrogens (tertiary/aromatic N) is 1. The first-order chi connectivity index (χ1) is 15.6. The van der Waals surface area contributed by atoms with Crippen LogP contribution in [0.2, 0.25) is 0 Å². The zero-order valence-corrected chi connectivity index (χ0v) is 19.9. The van der Waals surface area contributed by atoms with Crippen molar-refractivity contribution >= 4 is 23.6 Å². The van der Waals surface area contributed by atoms with Crippen LogP contribution in [0.3, 0.4) is 0 Å². The minimum Gasteiger partial charge on any atom is -0.497 e. The first-order valence-electron chi connectivity index (χ1n) is 11.4. The fourth-order valence-corrected chi connectivity index (χ4v) is 5.00. The van der Waals surface area contributed by atoms with E-state index < -0.39 is 6.04 Å². The molecule has 1 unspecified atom stereocenters. The Balaban J connectivity index is 1.65. The lowest BCUT2D eigenvalue weighted by atomic mass is 10.1. The zero-order valence-electron chi connectivity index (χ0n) is 19.1. The quantitative estimate of drug-likeness (QED) is 0.530. The number of benzene rings is 2. The van der Waals surface area contributed by atoms with E-state index in [1.807, 2.05) is 61.5 Å². The summed E-state index contributed by atoms with van der Waals surface area (Å²) in [6, 6.07) is 17.6. The monoisotopic (exact) mass is 454 g/mol. The van der Waals surface area contributed by atoms with Gasteiger partial charge in [0.15, 0.2) is 0 Å². The van der Waals surface area contributed by atoms with E-state index in [2.05, 4.69) is 5.32 Å². The Labute approximate surface area is 195 Å². The molecular weight excluding hydrogens is 420 g/mol. The number of rotatable bonds is 11. The molecule has 2 amide bonds. The smallest absolute Gasteiger partial charge is 0.243 e. The second kappa shape index (κ2) is 12.5. The van der Waals surface area contributed by atoms with Gasteiger partial charge in [0.2, 0.25) is 11.8 Å². The van der Waals surface area contributed by atoms with E-state index in [1.54, 1.807) is 23.8 Å². The lowest BCUT2D eigenvalue weighted by Crippen LogP contribution is -2.51. The van der Waals surface area contributed by atoms with Crippen molar-refractivity contribution in [3.63, 3.8) is 0 Å². The van der Waals surface area contributed by atoms with Gasteiger partial charge in [-0.15, -0.1) is 11.8 Å². The molecule has 1 aliphatic carbocycles. The minimum atomic E-state index is -0.454. The second-order valence-corrected chi connectivity index (χ2v) is 9.25. The highest BCUT2D eigenvalue weighted by molar-refractivity contribution is 7.99. The van der Waals surface area contributed by atoms with E-state index in [1.165, 1.54) is 0 Å². The number of hydrogen-bond donors (Lipinski definition) is 1. The molecule has 2 aromatic carbocycles. The van der Waals surface area contributed by atoms with Crippen molar-refractivity contribution < 1.29 is 14.3 Å². The molecule has 0 saturated heterocycles. The van der Waals surface area contributed by atoms with Gasteiger partial charge in [0.25, 0.3) is 0 Å². The molecule has 1 N–H and O–H groups in total. The minimum absolute atomic E-state index is 0.000728. The third-order valence-corrected chi connectivity index (χ3v) is 6.93. The van der Waals surface area contributed by atoms with Gasteiger partial charge in [-0.1, -0.05) is 62.2 Å². The molecule has 5 nitrogen and oxygen atoms in total. The van der Waals surface area contributed by atoms with Crippen molar-refractivity contribution in [2.24, 2.45) is 0 Å². The number of amides is 2. The number of methoxy groups -OCH3 is 1. The van der Waals surface area contributed by atoms with Gasteiger partial charge in [0.05, 0.1) is 12.9 Å². The standard InChI is InChI=1S/C26H34N2O3S/c1-3-24(26(30)27-22-11-7-8-12-22)28(17-20-9-5-4-6-10-20)25(29)19-32-18-21-13-15-23(31-2)16-14-21/h4-6,9-10,13-16,22,24H,3,7-8,11-12,17-19H2,1-2H3,(H,27,30). The summed E-state index contributed by atoms with van der Waals surface area (Å²) in [6.45, 7) is 2.42. The molecule has 0 radical (unpaired) electrons. The van der Waals surface area contributed by atoms with Crippen molar-refractivity contribution in [2.45, 2.75) is 63.4 Å². The van der Waals surface area contributed by atoms with Crippen molar-refractivity contribution in [3.8, 4) is 5.75 Å². The molecule has 3 rings (SSSR count). The van der Waals surface area contributed by atoms with Crippen LogP contribution in [0.5, 0.6) is 5.75 Å². The third kappa shape index (κ3) is 7.02. The van der Waals surface area contributed by atoms with Crippen LogP contribution in [-0.2, 0) is 21.9 Å². The molecule has 1 aliphatic rings. The van der Waals surface area contributed by atoms with Crippen LogP contribution in [0.1, 0.15) is 50.2 Å². The number of nitrogens with one attached hydrogen (secondary N) is 1. The molecule has 172 valence electrons. The summed E-state index contributed by atoms with van der Waals surface area (Å²) >= 11 is 1.58. The van der Waals surface area contributed by atoms with Crippen molar-refractivity contribution in [1.82, 2.24) is 10.2 Å². The Morgan fingerprint density at radius 3 is 2.38 bits per heavy atom. The van der Waals surface area contributed by atoms with E-state index in [0.29, 0.717) is 18.7 Å². The Hall–Kier alpha value is -2.47. The Morgan fingerprint density at radius 2 is 1.75 bits per heavy atom. The van der Waals surface area contributed by atoms with E-state index in [4.69, 9.17) is 4.74 Å². The molecule has 6 heteroatoms. The molecule has 32 heavy (non-hydrogen) atoms. The van der Waals surface area contributed by atoms with E-state index in [0.717, 1.165) is 48.3 Å². The lowest BCUT2D eigenvalue weighted by molar-refractivity contribution is -0.139.